The number of carbonyl (C=O) groups excluding carboxylic acids is 3. The van der Waals surface area contributed by atoms with Gasteiger partial charge in [-0.05, 0) is 49.5 Å². The van der Waals surface area contributed by atoms with Gasteiger partial charge >= 0.3 is 12.1 Å². The van der Waals surface area contributed by atoms with E-state index in [1.165, 1.54) is 11.0 Å². The van der Waals surface area contributed by atoms with Gasteiger partial charge < -0.3 is 20.0 Å². The minimum absolute atomic E-state index is 0.00172. The van der Waals surface area contributed by atoms with E-state index in [4.69, 9.17) is 11.6 Å². The molecule has 5 rings (SSSR count). The van der Waals surface area contributed by atoms with Gasteiger partial charge in [0.05, 0.1) is 5.02 Å². The predicted octanol–water partition coefficient (Wildman–Crippen LogP) is 4.66. The lowest BCUT2D eigenvalue weighted by atomic mass is 10.0. The van der Waals surface area contributed by atoms with E-state index in [9.17, 15) is 18.8 Å². The molecule has 3 aliphatic heterocycles. The molecule has 1 saturated heterocycles. The second-order valence-corrected chi connectivity index (χ2v) is 10.2. The number of nitrogens with one attached hydrogen (secondary N) is 1. The van der Waals surface area contributed by atoms with Gasteiger partial charge in [0.2, 0.25) is 5.91 Å². The average Bonchev–Trinajstić information content (AvgIpc) is 3.09. The smallest absolute Gasteiger partial charge is 0.324 e. The van der Waals surface area contributed by atoms with Gasteiger partial charge in [-0.3, -0.25) is 9.69 Å². The fourth-order valence-corrected chi connectivity index (χ4v) is 5.66. The molecule has 38 heavy (non-hydrogen) atoms. The minimum atomic E-state index is -0.530. The van der Waals surface area contributed by atoms with Gasteiger partial charge in [0.15, 0.2) is 0 Å². The van der Waals surface area contributed by atoms with Crippen molar-refractivity contribution in [2.24, 2.45) is 0 Å². The van der Waals surface area contributed by atoms with E-state index in [0.717, 1.165) is 17.7 Å². The second kappa shape index (κ2) is 11.0. The summed E-state index contributed by atoms with van der Waals surface area (Å²) in [6.45, 7) is 4.12. The van der Waals surface area contributed by atoms with Crippen molar-refractivity contribution >= 4 is 40.8 Å². The van der Waals surface area contributed by atoms with Crippen LogP contribution >= 0.6 is 11.6 Å². The number of urea groups is 2. The highest BCUT2D eigenvalue weighted by atomic mass is 35.5. The number of anilines is 1. The van der Waals surface area contributed by atoms with Crippen molar-refractivity contribution in [3.63, 3.8) is 0 Å². The van der Waals surface area contributed by atoms with Gasteiger partial charge in [-0.1, -0.05) is 41.9 Å². The van der Waals surface area contributed by atoms with Gasteiger partial charge in [-0.15, -0.1) is 0 Å². The molecule has 8 nitrogen and oxygen atoms in total. The lowest BCUT2D eigenvalue weighted by molar-refractivity contribution is -0.132. The van der Waals surface area contributed by atoms with E-state index in [1.54, 1.807) is 28.1 Å². The SMILES string of the molecule is CCN1CC(c2cccc(F)c2Cl)=CN(CC(=O)N2CCC(N3CCc4ccccc4NC3=O)CC2)C1=O. The van der Waals surface area contributed by atoms with Crippen molar-refractivity contribution in [2.75, 3.05) is 44.6 Å². The van der Waals surface area contributed by atoms with Gasteiger partial charge in [-0.2, -0.15) is 0 Å². The molecular weight excluding hydrogens is 509 g/mol. The molecule has 2 aromatic rings. The third kappa shape index (κ3) is 5.20. The van der Waals surface area contributed by atoms with Gasteiger partial charge in [0.25, 0.3) is 0 Å². The molecule has 0 unspecified atom stereocenters. The van der Waals surface area contributed by atoms with Crippen molar-refractivity contribution in [1.29, 1.82) is 0 Å². The van der Waals surface area contributed by atoms with E-state index in [2.05, 4.69) is 5.32 Å². The Morgan fingerprint density at radius 3 is 2.61 bits per heavy atom. The average molecular weight is 540 g/mol. The molecule has 0 radical (unpaired) electrons. The van der Waals surface area contributed by atoms with Crippen LogP contribution in [0.1, 0.15) is 30.9 Å². The molecule has 10 heteroatoms. The molecule has 0 aromatic heterocycles. The first-order chi connectivity index (χ1) is 18.4. The van der Waals surface area contributed by atoms with Crippen LogP contribution < -0.4 is 5.32 Å². The minimum Gasteiger partial charge on any atom is -0.341 e. The van der Waals surface area contributed by atoms with E-state index in [-0.39, 0.29) is 42.1 Å². The number of para-hydroxylation sites is 1. The Bertz CT molecular complexity index is 1280. The Hall–Kier alpha value is -3.59. The van der Waals surface area contributed by atoms with Gasteiger partial charge in [0.1, 0.15) is 12.4 Å². The fourth-order valence-electron chi connectivity index (χ4n) is 5.42. The number of rotatable bonds is 5. The first-order valence-corrected chi connectivity index (χ1v) is 13.4. The number of halogens is 2. The zero-order valence-electron chi connectivity index (χ0n) is 21.3. The number of piperidine rings is 1. The summed E-state index contributed by atoms with van der Waals surface area (Å²) in [5.41, 5.74) is 3.16. The summed E-state index contributed by atoms with van der Waals surface area (Å²) in [7, 11) is 0. The Balaban J connectivity index is 1.23. The second-order valence-electron chi connectivity index (χ2n) is 9.82. The summed E-state index contributed by atoms with van der Waals surface area (Å²) in [6, 6.07) is 12.1. The third-order valence-corrected chi connectivity index (χ3v) is 7.96. The maximum Gasteiger partial charge on any atom is 0.324 e. The number of benzene rings is 2. The van der Waals surface area contributed by atoms with Crippen molar-refractivity contribution < 1.29 is 18.8 Å². The topological polar surface area (TPSA) is 76.2 Å². The molecule has 0 atom stereocenters. The Kier molecular flexibility index (Phi) is 7.56. The van der Waals surface area contributed by atoms with Crippen molar-refractivity contribution in [2.45, 2.75) is 32.2 Å². The van der Waals surface area contributed by atoms with Crippen LogP contribution in [0.25, 0.3) is 5.57 Å². The molecule has 1 fully saturated rings. The number of hydrogen-bond donors (Lipinski definition) is 1. The van der Waals surface area contributed by atoms with Gasteiger partial charge in [-0.25, -0.2) is 14.0 Å². The lowest BCUT2D eigenvalue weighted by Gasteiger charge is -2.39. The largest absolute Gasteiger partial charge is 0.341 e. The first-order valence-electron chi connectivity index (χ1n) is 13.0. The predicted molar refractivity (Wildman–Crippen MR) is 144 cm³/mol. The molecule has 0 bridgehead atoms. The van der Waals surface area contributed by atoms with E-state index in [1.807, 2.05) is 36.1 Å². The quantitative estimate of drug-likeness (QED) is 0.600. The first kappa shape index (κ1) is 26.0. The van der Waals surface area contributed by atoms with Crippen LogP contribution in [0.5, 0.6) is 0 Å². The molecule has 3 heterocycles. The standard InChI is InChI=1S/C28H31ClFN5O3/c1-2-32-16-20(22-7-5-8-23(30)26(22)29)17-34(28(32)38)18-25(36)33-13-11-21(12-14-33)35-15-10-19-6-3-4-9-24(19)31-27(35)37/h3-9,17,21H,2,10-16,18H2,1H3,(H,31,37). The number of fused-ring (bicyclic) bond motifs is 1. The molecular formula is C28H31ClFN5O3. The number of carbonyl (C=O) groups is 3. The third-order valence-electron chi connectivity index (χ3n) is 7.57. The Morgan fingerprint density at radius 2 is 1.84 bits per heavy atom. The highest BCUT2D eigenvalue weighted by molar-refractivity contribution is 6.32. The van der Waals surface area contributed by atoms with Crippen molar-refractivity contribution in [3.05, 3.63) is 70.6 Å². The number of likely N-dealkylation sites (N-methyl/N-ethyl adjacent to an activating group) is 1. The zero-order valence-corrected chi connectivity index (χ0v) is 22.1. The number of nitrogens with zero attached hydrogens (tertiary/aromatic N) is 4. The molecule has 3 aliphatic rings. The lowest BCUT2D eigenvalue weighted by Crippen LogP contribution is -2.53. The summed E-state index contributed by atoms with van der Waals surface area (Å²) in [5.74, 6) is -0.694. The molecule has 5 amide bonds. The van der Waals surface area contributed by atoms with Crippen LogP contribution in [0.4, 0.5) is 19.7 Å². The number of amides is 5. The van der Waals surface area contributed by atoms with Crippen LogP contribution in [0.3, 0.4) is 0 Å². The molecule has 1 N–H and O–H groups in total. The van der Waals surface area contributed by atoms with Crippen LogP contribution in [0.2, 0.25) is 5.02 Å². The van der Waals surface area contributed by atoms with E-state index in [0.29, 0.717) is 50.2 Å². The van der Waals surface area contributed by atoms with Gasteiger partial charge in [0, 0.05) is 56.2 Å². The van der Waals surface area contributed by atoms with Crippen molar-refractivity contribution in [3.8, 4) is 0 Å². The zero-order chi connectivity index (χ0) is 26.8. The summed E-state index contributed by atoms with van der Waals surface area (Å²) < 4.78 is 14.1. The molecule has 200 valence electrons. The van der Waals surface area contributed by atoms with Crippen LogP contribution in [-0.2, 0) is 11.2 Å². The molecule has 0 aliphatic carbocycles. The van der Waals surface area contributed by atoms with Crippen LogP contribution in [0.15, 0.2) is 48.7 Å². The maximum atomic E-state index is 14.1. The monoisotopic (exact) mass is 539 g/mol. The molecule has 0 saturated carbocycles. The highest BCUT2D eigenvalue weighted by Crippen LogP contribution is 2.30. The maximum absolute atomic E-state index is 14.1. The van der Waals surface area contributed by atoms with E-state index >= 15 is 0 Å². The summed E-state index contributed by atoms with van der Waals surface area (Å²) in [6.07, 6.45) is 3.73. The highest BCUT2D eigenvalue weighted by Gasteiger charge is 2.33. The van der Waals surface area contributed by atoms with Crippen LogP contribution in [-0.4, -0.2) is 82.9 Å². The summed E-state index contributed by atoms with van der Waals surface area (Å²) >= 11 is 6.21. The fraction of sp³-hybridized carbons (Fsp3) is 0.393. The Morgan fingerprint density at radius 1 is 1.08 bits per heavy atom. The number of hydrogen-bond acceptors (Lipinski definition) is 3. The molecule has 0 spiro atoms. The van der Waals surface area contributed by atoms with E-state index < -0.39 is 5.82 Å². The van der Waals surface area contributed by atoms with Crippen LogP contribution in [0, 0.1) is 5.82 Å². The summed E-state index contributed by atoms with van der Waals surface area (Å²) in [5, 5.41) is 3.01. The molecule has 2 aromatic carbocycles. The van der Waals surface area contributed by atoms with Crippen molar-refractivity contribution in [1.82, 2.24) is 19.6 Å². The Labute approximate surface area is 226 Å². The number of likely N-dealkylation sites (tertiary alicyclic amines) is 1. The summed E-state index contributed by atoms with van der Waals surface area (Å²) in [4.78, 5) is 45.7. The normalized spacial score (nSPS) is 18.7.